The number of isothiocyanates is 1. The Kier molecular flexibility index (Phi) is 4.44. The van der Waals surface area contributed by atoms with Gasteiger partial charge in [-0.15, -0.1) is 0 Å². The largest absolute Gasteiger partial charge is 0.444 e. The summed E-state index contributed by atoms with van der Waals surface area (Å²) in [5.41, 5.74) is -0.447. The van der Waals surface area contributed by atoms with Gasteiger partial charge in [-0.3, -0.25) is 0 Å². The lowest BCUT2D eigenvalue weighted by Crippen LogP contribution is -2.44. The summed E-state index contributed by atoms with van der Waals surface area (Å²) in [6.07, 6.45) is 1.63. The van der Waals surface area contributed by atoms with Crippen molar-refractivity contribution in [2.45, 2.75) is 45.3 Å². The van der Waals surface area contributed by atoms with E-state index >= 15 is 0 Å². The van der Waals surface area contributed by atoms with Crippen LogP contribution in [0.5, 0.6) is 0 Å². The van der Waals surface area contributed by atoms with E-state index in [2.05, 4.69) is 22.4 Å². The Labute approximate surface area is 102 Å². The molecule has 0 aromatic carbocycles. The number of aliphatic imine (C=N–C) groups is 1. The maximum Gasteiger partial charge on any atom is 0.410 e. The van der Waals surface area contributed by atoms with Gasteiger partial charge < -0.3 is 9.64 Å². The second-order valence-corrected chi connectivity index (χ2v) is 5.13. The standard InChI is InChI=1S/C11H18N2O2S/c1-11(2,3)15-10(14)13-6-4-5-9(7-13)12-8-16/h9H,4-7H2,1-3H3/t9-/m0/s1. The molecule has 0 radical (unpaired) electrons. The lowest BCUT2D eigenvalue weighted by Gasteiger charge is -2.32. The fourth-order valence-corrected chi connectivity index (χ4v) is 1.78. The molecule has 0 aromatic rings. The van der Waals surface area contributed by atoms with E-state index in [-0.39, 0.29) is 12.1 Å². The molecule has 0 unspecified atom stereocenters. The summed E-state index contributed by atoms with van der Waals surface area (Å²) in [5, 5.41) is 2.37. The minimum absolute atomic E-state index is 0.0822. The molecule has 1 aliphatic heterocycles. The van der Waals surface area contributed by atoms with Gasteiger partial charge in [-0.05, 0) is 45.8 Å². The molecule has 0 aromatic heterocycles. The molecule has 0 N–H and O–H groups in total. The summed E-state index contributed by atoms with van der Waals surface area (Å²) in [7, 11) is 0. The van der Waals surface area contributed by atoms with Gasteiger partial charge in [0.05, 0.1) is 11.2 Å². The number of ether oxygens (including phenoxy) is 1. The molecule has 1 amide bonds. The maximum absolute atomic E-state index is 11.8. The minimum Gasteiger partial charge on any atom is -0.444 e. The summed E-state index contributed by atoms with van der Waals surface area (Å²) in [6, 6.07) is 0.0822. The van der Waals surface area contributed by atoms with Gasteiger partial charge in [-0.25, -0.2) is 9.79 Å². The number of rotatable bonds is 1. The summed E-state index contributed by atoms with van der Waals surface area (Å²) >= 11 is 4.57. The molecule has 1 heterocycles. The first-order chi connectivity index (χ1) is 7.42. The Balaban J connectivity index is 2.53. The van der Waals surface area contributed by atoms with Crippen molar-refractivity contribution in [3.63, 3.8) is 0 Å². The van der Waals surface area contributed by atoms with E-state index in [0.717, 1.165) is 19.4 Å². The van der Waals surface area contributed by atoms with Crippen LogP contribution in [0.15, 0.2) is 4.99 Å². The van der Waals surface area contributed by atoms with E-state index in [1.165, 1.54) is 0 Å². The van der Waals surface area contributed by atoms with E-state index in [4.69, 9.17) is 4.74 Å². The smallest absolute Gasteiger partial charge is 0.410 e. The van der Waals surface area contributed by atoms with Crippen LogP contribution in [0.3, 0.4) is 0 Å². The monoisotopic (exact) mass is 242 g/mol. The van der Waals surface area contributed by atoms with E-state index in [0.29, 0.717) is 6.54 Å². The van der Waals surface area contributed by atoms with Gasteiger partial charge in [0.1, 0.15) is 5.60 Å². The zero-order valence-electron chi connectivity index (χ0n) is 10.0. The van der Waals surface area contributed by atoms with Crippen LogP contribution in [0.25, 0.3) is 0 Å². The molecule has 1 fully saturated rings. The average molecular weight is 242 g/mol. The van der Waals surface area contributed by atoms with E-state index in [1.54, 1.807) is 4.90 Å². The van der Waals surface area contributed by atoms with Crippen molar-refractivity contribution >= 4 is 23.5 Å². The van der Waals surface area contributed by atoms with Crippen molar-refractivity contribution in [3.8, 4) is 0 Å². The fourth-order valence-electron chi connectivity index (χ4n) is 1.63. The number of amides is 1. The second kappa shape index (κ2) is 5.41. The SMILES string of the molecule is CC(C)(C)OC(=O)N1CCC[C@H](N=C=S)C1. The van der Waals surface area contributed by atoms with E-state index < -0.39 is 5.60 Å². The van der Waals surface area contributed by atoms with Crippen molar-refractivity contribution in [1.82, 2.24) is 4.90 Å². The molecule has 1 rings (SSSR count). The fraction of sp³-hybridized carbons (Fsp3) is 0.818. The molecule has 0 aliphatic carbocycles. The van der Waals surface area contributed by atoms with Gasteiger partial charge in [-0.2, -0.15) is 0 Å². The van der Waals surface area contributed by atoms with Gasteiger partial charge >= 0.3 is 6.09 Å². The van der Waals surface area contributed by atoms with Gasteiger partial charge in [0.25, 0.3) is 0 Å². The number of hydrogen-bond donors (Lipinski definition) is 0. The Bertz CT molecular complexity index is 306. The molecule has 0 bridgehead atoms. The first kappa shape index (κ1) is 13.1. The van der Waals surface area contributed by atoms with Crippen molar-refractivity contribution in [3.05, 3.63) is 0 Å². The molecule has 4 nitrogen and oxygen atoms in total. The highest BCUT2D eigenvalue weighted by atomic mass is 32.1. The Morgan fingerprint density at radius 2 is 2.25 bits per heavy atom. The van der Waals surface area contributed by atoms with Crippen LogP contribution in [0, 0.1) is 0 Å². The molecule has 0 spiro atoms. The van der Waals surface area contributed by atoms with E-state index in [1.807, 2.05) is 20.8 Å². The van der Waals surface area contributed by atoms with Crippen molar-refractivity contribution in [2.75, 3.05) is 13.1 Å². The number of thiocarbonyl (C=S) groups is 1. The number of carbonyl (C=O) groups is 1. The Morgan fingerprint density at radius 1 is 1.56 bits per heavy atom. The van der Waals surface area contributed by atoms with Crippen molar-refractivity contribution < 1.29 is 9.53 Å². The predicted octanol–water partition coefficient (Wildman–Crippen LogP) is 2.49. The average Bonchev–Trinajstić information content (AvgIpc) is 2.16. The van der Waals surface area contributed by atoms with Gasteiger partial charge in [-0.1, -0.05) is 0 Å². The molecule has 5 heteroatoms. The van der Waals surface area contributed by atoms with Crippen LogP contribution in [-0.2, 0) is 4.74 Å². The molecule has 90 valence electrons. The number of piperidine rings is 1. The summed E-state index contributed by atoms with van der Waals surface area (Å²) < 4.78 is 5.30. The van der Waals surface area contributed by atoms with Crippen LogP contribution in [-0.4, -0.2) is 40.9 Å². The minimum atomic E-state index is -0.447. The van der Waals surface area contributed by atoms with Crippen LogP contribution in [0.1, 0.15) is 33.6 Å². The number of nitrogens with zero attached hydrogens (tertiary/aromatic N) is 2. The molecule has 1 saturated heterocycles. The third-order valence-electron chi connectivity index (χ3n) is 2.28. The number of hydrogen-bond acceptors (Lipinski definition) is 4. The highest BCUT2D eigenvalue weighted by Gasteiger charge is 2.27. The highest BCUT2D eigenvalue weighted by molar-refractivity contribution is 7.78. The molecular weight excluding hydrogens is 224 g/mol. The lowest BCUT2D eigenvalue weighted by molar-refractivity contribution is 0.0201. The predicted molar refractivity (Wildman–Crippen MR) is 65.9 cm³/mol. The quantitative estimate of drug-likeness (QED) is 0.524. The van der Waals surface area contributed by atoms with Gasteiger partial charge in [0.15, 0.2) is 0 Å². The molecule has 0 saturated carbocycles. The summed E-state index contributed by atoms with van der Waals surface area (Å²) in [6.45, 7) is 6.90. The summed E-state index contributed by atoms with van der Waals surface area (Å²) in [4.78, 5) is 17.5. The third kappa shape index (κ3) is 4.29. The normalized spacial score (nSPS) is 21.2. The Hall–Kier alpha value is -0.930. The topological polar surface area (TPSA) is 41.9 Å². The zero-order chi connectivity index (χ0) is 12.2. The molecule has 1 atom stereocenters. The first-order valence-corrected chi connectivity index (χ1v) is 5.88. The third-order valence-corrected chi connectivity index (χ3v) is 2.39. The van der Waals surface area contributed by atoms with Crippen molar-refractivity contribution in [2.24, 2.45) is 4.99 Å². The lowest BCUT2D eigenvalue weighted by atomic mass is 10.1. The van der Waals surface area contributed by atoms with Crippen LogP contribution >= 0.6 is 12.2 Å². The van der Waals surface area contributed by atoms with E-state index in [9.17, 15) is 4.79 Å². The maximum atomic E-state index is 11.8. The van der Waals surface area contributed by atoms with Crippen molar-refractivity contribution in [1.29, 1.82) is 0 Å². The number of likely N-dealkylation sites (tertiary alicyclic amines) is 1. The molecule has 1 aliphatic rings. The van der Waals surface area contributed by atoms with Gasteiger partial charge in [0, 0.05) is 13.1 Å². The first-order valence-electron chi connectivity index (χ1n) is 5.47. The zero-order valence-corrected chi connectivity index (χ0v) is 10.8. The Morgan fingerprint density at radius 3 is 2.81 bits per heavy atom. The molecular formula is C11H18N2O2S. The summed E-state index contributed by atoms with van der Waals surface area (Å²) in [5.74, 6) is 0. The number of carbonyl (C=O) groups excluding carboxylic acids is 1. The second-order valence-electron chi connectivity index (χ2n) is 4.94. The molecule has 16 heavy (non-hydrogen) atoms. The van der Waals surface area contributed by atoms with Crippen LogP contribution in [0.2, 0.25) is 0 Å². The van der Waals surface area contributed by atoms with Gasteiger partial charge in [0.2, 0.25) is 0 Å². The van der Waals surface area contributed by atoms with Crippen LogP contribution in [0.4, 0.5) is 4.79 Å². The van der Waals surface area contributed by atoms with Crippen LogP contribution < -0.4 is 0 Å². The highest BCUT2D eigenvalue weighted by Crippen LogP contribution is 2.16.